The molecule has 0 spiro atoms. The van der Waals surface area contributed by atoms with E-state index in [9.17, 15) is 13.2 Å². The van der Waals surface area contributed by atoms with Gasteiger partial charge in [0.05, 0.1) is 26.9 Å². The van der Waals surface area contributed by atoms with Crippen molar-refractivity contribution in [3.05, 3.63) is 58.6 Å². The van der Waals surface area contributed by atoms with Gasteiger partial charge < -0.3 is 5.11 Å². The molecule has 0 fully saturated rings. The molecule has 0 saturated heterocycles. The quantitative estimate of drug-likeness (QED) is 0.526. The van der Waals surface area contributed by atoms with Crippen molar-refractivity contribution in [1.82, 2.24) is 4.72 Å². The van der Waals surface area contributed by atoms with Crippen LogP contribution in [-0.2, 0) is 10.0 Å². The molecule has 0 aromatic heterocycles. The van der Waals surface area contributed by atoms with Gasteiger partial charge in [0.1, 0.15) is 0 Å². The molecule has 0 aliphatic heterocycles. The number of halogens is 1. The highest BCUT2D eigenvalue weighted by Gasteiger charge is 2.11. The Kier molecular flexibility index (Phi) is 5.78. The molecule has 2 aromatic carbocycles. The minimum Gasteiger partial charge on any atom is -0.478 e. The van der Waals surface area contributed by atoms with E-state index in [4.69, 9.17) is 16.7 Å². The second-order valence-electron chi connectivity index (χ2n) is 5.04. The van der Waals surface area contributed by atoms with Gasteiger partial charge in [-0.2, -0.15) is 5.10 Å². The lowest BCUT2D eigenvalue weighted by atomic mass is 10.1. The van der Waals surface area contributed by atoms with Crippen molar-refractivity contribution in [2.24, 2.45) is 5.10 Å². The van der Waals surface area contributed by atoms with Gasteiger partial charge in [0.25, 0.3) is 0 Å². The molecule has 9 heteroatoms. The molecule has 25 heavy (non-hydrogen) atoms. The molecule has 0 unspecified atom stereocenters. The third kappa shape index (κ3) is 4.56. The van der Waals surface area contributed by atoms with E-state index < -0.39 is 16.0 Å². The van der Waals surface area contributed by atoms with E-state index in [-0.39, 0.29) is 10.5 Å². The van der Waals surface area contributed by atoms with Crippen molar-refractivity contribution in [2.75, 3.05) is 12.5 Å². The summed E-state index contributed by atoms with van der Waals surface area (Å²) in [6, 6.07) is 10.4. The molecular weight excluding hydrogens is 366 g/mol. The zero-order chi connectivity index (χ0) is 18.6. The highest BCUT2D eigenvalue weighted by molar-refractivity contribution is 7.89. The lowest BCUT2D eigenvalue weighted by Crippen LogP contribution is -2.18. The molecule has 0 heterocycles. The Balaban J connectivity index is 2.22. The van der Waals surface area contributed by atoms with Crippen molar-refractivity contribution in [1.29, 1.82) is 0 Å². The van der Waals surface area contributed by atoms with Crippen LogP contribution in [0.3, 0.4) is 0 Å². The Bertz CT molecular complexity index is 925. The fourth-order valence-electron chi connectivity index (χ4n) is 1.95. The molecule has 0 aliphatic carbocycles. The van der Waals surface area contributed by atoms with Crippen molar-refractivity contribution >= 4 is 39.0 Å². The number of nitrogens with one attached hydrogen (secondary N) is 2. The van der Waals surface area contributed by atoms with Crippen LogP contribution < -0.4 is 10.1 Å². The maximum Gasteiger partial charge on any atom is 0.335 e. The number of carbonyl (C=O) groups is 1. The highest BCUT2D eigenvalue weighted by Crippen LogP contribution is 2.23. The monoisotopic (exact) mass is 381 g/mol. The second kappa shape index (κ2) is 7.64. The van der Waals surface area contributed by atoms with E-state index in [2.05, 4.69) is 15.2 Å². The Morgan fingerprint density at radius 1 is 1.12 bits per heavy atom. The number of aromatic carboxylic acids is 1. The van der Waals surface area contributed by atoms with Crippen molar-refractivity contribution in [3.63, 3.8) is 0 Å². The van der Waals surface area contributed by atoms with Crippen LogP contribution in [0, 0.1) is 0 Å². The number of carboxylic acid groups (broad SMARTS) is 1. The summed E-state index contributed by atoms with van der Waals surface area (Å²) in [5.74, 6) is -1.07. The lowest BCUT2D eigenvalue weighted by Gasteiger charge is -2.07. The summed E-state index contributed by atoms with van der Waals surface area (Å²) >= 11 is 6.02. The van der Waals surface area contributed by atoms with Crippen LogP contribution >= 0.6 is 11.6 Å². The first-order valence-corrected chi connectivity index (χ1v) is 8.98. The second-order valence-corrected chi connectivity index (χ2v) is 7.33. The van der Waals surface area contributed by atoms with Crippen molar-refractivity contribution < 1.29 is 18.3 Å². The molecule has 0 atom stereocenters. The smallest absolute Gasteiger partial charge is 0.335 e. The number of nitrogens with zero attached hydrogens (tertiary/aromatic N) is 1. The van der Waals surface area contributed by atoms with E-state index in [1.54, 1.807) is 19.1 Å². The van der Waals surface area contributed by atoms with Crippen LogP contribution in [0.1, 0.15) is 22.8 Å². The van der Waals surface area contributed by atoms with Gasteiger partial charge in [-0.15, -0.1) is 0 Å². The number of benzene rings is 2. The van der Waals surface area contributed by atoms with E-state index in [1.807, 2.05) is 0 Å². The maximum atomic E-state index is 11.7. The SMILES string of the molecule is CNS(=O)(=O)c1ccc(/C(C)=N\Nc2cc(C(=O)O)ccc2Cl)cc1. The van der Waals surface area contributed by atoms with Gasteiger partial charge in [0.15, 0.2) is 0 Å². The van der Waals surface area contributed by atoms with E-state index >= 15 is 0 Å². The molecule has 0 saturated carbocycles. The van der Waals surface area contributed by atoms with Crippen LogP contribution in [0.4, 0.5) is 5.69 Å². The van der Waals surface area contributed by atoms with E-state index in [1.165, 1.54) is 37.4 Å². The average Bonchev–Trinajstić information content (AvgIpc) is 2.60. The van der Waals surface area contributed by atoms with Crippen LogP contribution in [0.15, 0.2) is 52.5 Å². The Morgan fingerprint density at radius 3 is 2.28 bits per heavy atom. The summed E-state index contributed by atoms with van der Waals surface area (Å²) in [5.41, 5.74) is 4.44. The topological polar surface area (TPSA) is 108 Å². The largest absolute Gasteiger partial charge is 0.478 e. The van der Waals surface area contributed by atoms with Gasteiger partial charge in [-0.05, 0) is 49.9 Å². The molecule has 0 aliphatic rings. The maximum absolute atomic E-state index is 11.7. The minimum absolute atomic E-state index is 0.0846. The van der Waals surface area contributed by atoms with Gasteiger partial charge in [-0.25, -0.2) is 17.9 Å². The first-order valence-electron chi connectivity index (χ1n) is 7.11. The number of hydrogen-bond donors (Lipinski definition) is 3. The fourth-order valence-corrected chi connectivity index (χ4v) is 2.84. The highest BCUT2D eigenvalue weighted by atomic mass is 35.5. The molecule has 0 radical (unpaired) electrons. The zero-order valence-corrected chi connectivity index (χ0v) is 15.0. The lowest BCUT2D eigenvalue weighted by molar-refractivity contribution is 0.0697. The number of sulfonamides is 1. The van der Waals surface area contributed by atoms with E-state index in [0.29, 0.717) is 22.0 Å². The Morgan fingerprint density at radius 2 is 1.72 bits per heavy atom. The summed E-state index contributed by atoms with van der Waals surface area (Å²) in [6.45, 7) is 1.73. The molecule has 0 amide bonds. The average molecular weight is 382 g/mol. The third-order valence-corrected chi connectivity index (χ3v) is 5.17. The zero-order valence-electron chi connectivity index (χ0n) is 13.4. The van der Waals surface area contributed by atoms with Gasteiger partial charge in [0.2, 0.25) is 10.0 Å². The predicted molar refractivity (Wildman–Crippen MR) is 96.9 cm³/mol. The molecule has 2 rings (SSSR count). The van der Waals surface area contributed by atoms with Crippen molar-refractivity contribution in [2.45, 2.75) is 11.8 Å². The van der Waals surface area contributed by atoms with E-state index in [0.717, 1.165) is 0 Å². The molecular formula is C16H16ClN3O4S. The molecule has 0 bridgehead atoms. The summed E-state index contributed by atoms with van der Waals surface area (Å²) < 4.78 is 25.6. The van der Waals surface area contributed by atoms with Gasteiger partial charge in [-0.1, -0.05) is 23.7 Å². The molecule has 3 N–H and O–H groups in total. The first-order chi connectivity index (χ1) is 11.7. The van der Waals surface area contributed by atoms with Crippen LogP contribution in [0.5, 0.6) is 0 Å². The Labute approximate surface area is 150 Å². The summed E-state index contributed by atoms with van der Waals surface area (Å²) in [5, 5.41) is 13.5. The third-order valence-electron chi connectivity index (χ3n) is 3.41. The fraction of sp³-hybridized carbons (Fsp3) is 0.125. The standard InChI is InChI=1S/C16H16ClN3O4S/c1-10(11-3-6-13(7-4-11)25(23,24)18-2)19-20-15-9-12(16(21)22)5-8-14(15)17/h3-9,18,20H,1-2H3,(H,21,22)/b19-10-. The number of hydrogen-bond acceptors (Lipinski definition) is 5. The molecule has 7 nitrogen and oxygen atoms in total. The van der Waals surface area contributed by atoms with Crippen LogP contribution in [0.25, 0.3) is 0 Å². The van der Waals surface area contributed by atoms with Crippen LogP contribution in [-0.4, -0.2) is 32.3 Å². The number of rotatable bonds is 6. The van der Waals surface area contributed by atoms with Crippen LogP contribution in [0.2, 0.25) is 5.02 Å². The minimum atomic E-state index is -3.49. The van der Waals surface area contributed by atoms with Crippen molar-refractivity contribution in [3.8, 4) is 0 Å². The normalized spacial score (nSPS) is 12.0. The van der Waals surface area contributed by atoms with Gasteiger partial charge in [-0.3, -0.25) is 5.43 Å². The summed E-state index contributed by atoms with van der Waals surface area (Å²) in [6.07, 6.45) is 0. The Hall–Kier alpha value is -2.42. The number of carboxylic acids is 1. The number of anilines is 1. The molecule has 2 aromatic rings. The van der Waals surface area contributed by atoms with Gasteiger partial charge in [0, 0.05) is 0 Å². The number of hydrazone groups is 1. The first kappa shape index (κ1) is 18.9. The van der Waals surface area contributed by atoms with Gasteiger partial charge >= 0.3 is 5.97 Å². The summed E-state index contributed by atoms with van der Waals surface area (Å²) in [7, 11) is -2.15. The molecule has 132 valence electrons. The summed E-state index contributed by atoms with van der Waals surface area (Å²) in [4.78, 5) is 11.2. The predicted octanol–water partition coefficient (Wildman–Crippen LogP) is 2.78.